The molecular weight excluding hydrogens is 196 g/mol. The molecule has 0 N–H and O–H groups in total. The molecule has 84 valence electrons. The summed E-state index contributed by atoms with van der Waals surface area (Å²) in [6.45, 7) is 10.6. The highest BCUT2D eigenvalue weighted by molar-refractivity contribution is 6.71. The molecule has 14 heavy (non-hydrogen) atoms. The Morgan fingerprint density at radius 2 is 1.93 bits per heavy atom. The maximum Gasteiger partial charge on any atom is 0.308 e. The molecule has 3 nitrogen and oxygen atoms in total. The highest BCUT2D eigenvalue weighted by atomic mass is 28.4. The smallest absolute Gasteiger partial charge is 0.308 e. The Morgan fingerprint density at radius 3 is 2.36 bits per heavy atom. The summed E-state index contributed by atoms with van der Waals surface area (Å²) in [5.41, 5.74) is 0. The maximum atomic E-state index is 11.4. The van der Waals surface area contributed by atoms with Gasteiger partial charge in [0.2, 0.25) is 8.32 Å². The molecule has 0 rings (SSSR count). The van der Waals surface area contributed by atoms with E-state index in [2.05, 4.69) is 13.1 Å². The fourth-order valence-corrected chi connectivity index (χ4v) is 2.34. The van der Waals surface area contributed by atoms with Crippen LogP contribution in [0, 0.1) is 5.92 Å². The largest absolute Gasteiger partial charge is 0.466 e. The molecule has 0 saturated carbocycles. The van der Waals surface area contributed by atoms with Crippen molar-refractivity contribution in [1.29, 1.82) is 0 Å². The number of esters is 1. The lowest BCUT2D eigenvalue weighted by Gasteiger charge is -2.22. The number of ether oxygens (including phenoxy) is 1. The van der Waals surface area contributed by atoms with Gasteiger partial charge in [0.05, 0.1) is 5.92 Å². The second-order valence-electron chi connectivity index (χ2n) is 4.11. The summed E-state index contributed by atoms with van der Waals surface area (Å²) in [7, 11) is -1.77. The van der Waals surface area contributed by atoms with Crippen LogP contribution in [0.1, 0.15) is 27.2 Å². The molecule has 0 aromatic carbocycles. The number of hydrogen-bond donors (Lipinski definition) is 0. The van der Waals surface area contributed by atoms with Gasteiger partial charge in [-0.05, 0) is 26.4 Å². The lowest BCUT2D eigenvalue weighted by atomic mass is 10.1. The van der Waals surface area contributed by atoms with Gasteiger partial charge in [-0.25, -0.2) is 0 Å². The summed E-state index contributed by atoms with van der Waals surface area (Å²) in [6, 6.07) is 0. The van der Waals surface area contributed by atoms with Gasteiger partial charge in [-0.1, -0.05) is 13.8 Å². The second-order valence-corrected chi connectivity index (χ2v) is 8.21. The van der Waals surface area contributed by atoms with E-state index in [1.807, 2.05) is 20.8 Å². The fraction of sp³-hybridized carbons (Fsp3) is 0.900. The van der Waals surface area contributed by atoms with Gasteiger partial charge in [-0.3, -0.25) is 4.79 Å². The first-order valence-corrected chi connectivity index (χ1v) is 8.35. The quantitative estimate of drug-likeness (QED) is 0.507. The maximum absolute atomic E-state index is 11.4. The van der Waals surface area contributed by atoms with E-state index < -0.39 is 8.32 Å². The van der Waals surface area contributed by atoms with Gasteiger partial charge in [-0.15, -0.1) is 0 Å². The third-order valence-corrected chi connectivity index (χ3v) is 4.02. The molecule has 4 heteroatoms. The van der Waals surface area contributed by atoms with Crippen molar-refractivity contribution >= 4 is 14.3 Å². The molecule has 1 atom stereocenters. The number of rotatable bonds is 6. The van der Waals surface area contributed by atoms with Crippen molar-refractivity contribution in [3.63, 3.8) is 0 Å². The molecule has 0 radical (unpaired) electrons. The zero-order chi connectivity index (χ0) is 11.2. The van der Waals surface area contributed by atoms with E-state index in [-0.39, 0.29) is 11.9 Å². The Labute approximate surface area is 87.9 Å². The molecule has 0 saturated heterocycles. The fourth-order valence-electron chi connectivity index (χ4n) is 0.986. The predicted octanol–water partition coefficient (Wildman–Crippen LogP) is 2.36. The van der Waals surface area contributed by atoms with Gasteiger partial charge < -0.3 is 9.16 Å². The topological polar surface area (TPSA) is 35.5 Å². The minimum Gasteiger partial charge on any atom is -0.466 e. The minimum absolute atomic E-state index is 0.00132. The second kappa shape index (κ2) is 6.19. The summed E-state index contributed by atoms with van der Waals surface area (Å²) in [5.74, 6) is -0.103. The lowest BCUT2D eigenvalue weighted by molar-refractivity contribution is -0.146. The summed E-state index contributed by atoms with van der Waals surface area (Å²) in [6.07, 6.45) is 1.29. The zero-order valence-corrected chi connectivity index (χ0v) is 10.9. The van der Waals surface area contributed by atoms with Crippen LogP contribution >= 0.6 is 0 Å². The molecule has 0 aliphatic heterocycles. The van der Waals surface area contributed by atoms with Crippen LogP contribution in [-0.2, 0) is 14.0 Å². The van der Waals surface area contributed by atoms with Crippen LogP contribution in [0.5, 0.6) is 0 Å². The van der Waals surface area contributed by atoms with E-state index in [0.29, 0.717) is 12.8 Å². The van der Waals surface area contributed by atoms with Crippen molar-refractivity contribution in [2.45, 2.75) is 40.3 Å². The first-order chi connectivity index (χ1) is 6.43. The summed E-state index contributed by atoms with van der Waals surface area (Å²) >= 11 is 0. The molecule has 0 aliphatic rings. The SMILES string of the molecule is CCO[Si](C)(C)COC(=O)C(C)CC. The predicted molar refractivity (Wildman–Crippen MR) is 59.5 cm³/mol. The van der Waals surface area contributed by atoms with Gasteiger partial charge in [-0.2, -0.15) is 0 Å². The third-order valence-electron chi connectivity index (χ3n) is 2.11. The summed E-state index contributed by atoms with van der Waals surface area (Å²) < 4.78 is 10.8. The van der Waals surface area contributed by atoms with Crippen molar-refractivity contribution in [2.75, 3.05) is 12.8 Å². The van der Waals surface area contributed by atoms with Crippen LogP contribution < -0.4 is 0 Å². The van der Waals surface area contributed by atoms with Crippen LogP contribution in [0.3, 0.4) is 0 Å². The molecule has 0 aromatic heterocycles. The van der Waals surface area contributed by atoms with Crippen LogP contribution in [0.4, 0.5) is 0 Å². The van der Waals surface area contributed by atoms with Crippen molar-refractivity contribution in [3.05, 3.63) is 0 Å². The van der Waals surface area contributed by atoms with Crippen molar-refractivity contribution in [3.8, 4) is 0 Å². The van der Waals surface area contributed by atoms with Gasteiger partial charge in [0.15, 0.2) is 0 Å². The first kappa shape index (κ1) is 13.6. The standard InChI is InChI=1S/C10H22O3Si/c1-6-9(3)10(11)12-8-14(4,5)13-7-2/h9H,6-8H2,1-5H3. The van der Waals surface area contributed by atoms with E-state index in [1.54, 1.807) is 0 Å². The molecule has 0 spiro atoms. The highest BCUT2D eigenvalue weighted by Crippen LogP contribution is 2.08. The van der Waals surface area contributed by atoms with Gasteiger partial charge in [0.1, 0.15) is 6.23 Å². The Morgan fingerprint density at radius 1 is 1.36 bits per heavy atom. The molecule has 1 unspecified atom stereocenters. The Hall–Kier alpha value is -0.353. The third kappa shape index (κ3) is 5.39. The average Bonchev–Trinajstić information content (AvgIpc) is 2.13. The number of hydrogen-bond acceptors (Lipinski definition) is 3. The van der Waals surface area contributed by atoms with E-state index in [4.69, 9.17) is 9.16 Å². The Bertz CT molecular complexity index is 180. The van der Waals surface area contributed by atoms with E-state index in [1.165, 1.54) is 0 Å². The Kier molecular flexibility index (Phi) is 6.03. The highest BCUT2D eigenvalue weighted by Gasteiger charge is 2.25. The van der Waals surface area contributed by atoms with Crippen molar-refractivity contribution in [1.82, 2.24) is 0 Å². The summed E-state index contributed by atoms with van der Waals surface area (Å²) in [4.78, 5) is 11.4. The normalized spacial score (nSPS) is 13.8. The molecule has 0 fully saturated rings. The van der Waals surface area contributed by atoms with E-state index in [0.717, 1.165) is 6.42 Å². The van der Waals surface area contributed by atoms with Gasteiger partial charge in [0.25, 0.3) is 0 Å². The summed E-state index contributed by atoms with van der Waals surface area (Å²) in [5, 5.41) is 0. The van der Waals surface area contributed by atoms with Gasteiger partial charge in [0, 0.05) is 6.61 Å². The number of carbonyl (C=O) groups excluding carboxylic acids is 1. The first-order valence-electron chi connectivity index (χ1n) is 5.23. The van der Waals surface area contributed by atoms with E-state index in [9.17, 15) is 4.79 Å². The molecule has 0 heterocycles. The van der Waals surface area contributed by atoms with E-state index >= 15 is 0 Å². The zero-order valence-electron chi connectivity index (χ0n) is 9.92. The number of carbonyl (C=O) groups is 1. The average molecular weight is 218 g/mol. The Balaban J connectivity index is 3.87. The van der Waals surface area contributed by atoms with Crippen LogP contribution in [0.2, 0.25) is 13.1 Å². The van der Waals surface area contributed by atoms with Crippen molar-refractivity contribution < 1.29 is 14.0 Å². The molecule has 0 bridgehead atoms. The van der Waals surface area contributed by atoms with Crippen molar-refractivity contribution in [2.24, 2.45) is 5.92 Å². The molecule has 0 aromatic rings. The molecule has 0 aliphatic carbocycles. The van der Waals surface area contributed by atoms with Crippen LogP contribution in [0.15, 0.2) is 0 Å². The van der Waals surface area contributed by atoms with Crippen LogP contribution in [-0.4, -0.2) is 27.1 Å². The van der Waals surface area contributed by atoms with Crippen LogP contribution in [0.25, 0.3) is 0 Å². The minimum atomic E-state index is -1.77. The lowest BCUT2D eigenvalue weighted by Crippen LogP contribution is -2.38. The molecule has 0 amide bonds. The van der Waals surface area contributed by atoms with Gasteiger partial charge >= 0.3 is 5.97 Å². The molecular formula is C10H22O3Si. The monoisotopic (exact) mass is 218 g/mol.